The van der Waals surface area contributed by atoms with Gasteiger partial charge in [0.2, 0.25) is 0 Å². The van der Waals surface area contributed by atoms with E-state index in [0.29, 0.717) is 6.61 Å². The Balaban J connectivity index is 2.47. The van der Waals surface area contributed by atoms with E-state index in [1.54, 1.807) is 0 Å². The molecule has 0 aliphatic rings. The molecule has 0 atom stereocenters. The highest BCUT2D eigenvalue weighted by Crippen LogP contribution is 2.12. The molecule has 0 spiro atoms. The van der Waals surface area contributed by atoms with Crippen molar-refractivity contribution in [3.63, 3.8) is 0 Å². The van der Waals surface area contributed by atoms with Crippen LogP contribution in [0, 0.1) is 12.3 Å². The van der Waals surface area contributed by atoms with Gasteiger partial charge in [-0.25, -0.2) is 0 Å². The molecule has 0 unspecified atom stereocenters. The van der Waals surface area contributed by atoms with Crippen molar-refractivity contribution in [2.24, 2.45) is 5.73 Å². The molecule has 1 aromatic carbocycles. The maximum atomic E-state index is 5.43. The van der Waals surface area contributed by atoms with Crippen LogP contribution in [0.4, 0.5) is 0 Å². The predicted molar refractivity (Wildman–Crippen MR) is 58.1 cm³/mol. The summed E-state index contributed by atoms with van der Waals surface area (Å²) in [5.74, 6) is 3.25. The second-order valence-corrected chi connectivity index (χ2v) is 3.03. The average Bonchev–Trinajstić information content (AvgIpc) is 2.25. The maximum absolute atomic E-state index is 5.43. The van der Waals surface area contributed by atoms with Crippen molar-refractivity contribution >= 4 is 0 Å². The number of ether oxygens (including phenoxy) is 1. The van der Waals surface area contributed by atoms with Crippen molar-refractivity contribution < 1.29 is 4.74 Å². The van der Waals surface area contributed by atoms with Gasteiger partial charge < -0.3 is 10.5 Å². The zero-order chi connectivity index (χ0) is 10.2. The van der Waals surface area contributed by atoms with Gasteiger partial charge in [-0.1, -0.05) is 18.1 Å². The summed E-state index contributed by atoms with van der Waals surface area (Å²) in [4.78, 5) is 0. The minimum absolute atomic E-state index is 0.322. The van der Waals surface area contributed by atoms with E-state index in [-0.39, 0.29) is 0 Å². The van der Waals surface area contributed by atoms with E-state index in [1.165, 1.54) is 5.56 Å². The largest absolute Gasteiger partial charge is 0.481 e. The lowest BCUT2D eigenvalue weighted by atomic mass is 10.1. The molecule has 0 amide bonds. The van der Waals surface area contributed by atoms with Crippen LogP contribution in [-0.2, 0) is 6.42 Å². The van der Waals surface area contributed by atoms with Gasteiger partial charge in [0.15, 0.2) is 0 Å². The van der Waals surface area contributed by atoms with E-state index in [4.69, 9.17) is 16.9 Å². The van der Waals surface area contributed by atoms with Gasteiger partial charge in [-0.2, -0.15) is 0 Å². The lowest BCUT2D eigenvalue weighted by Gasteiger charge is -2.03. The molecule has 0 aliphatic heterocycles. The lowest BCUT2D eigenvalue weighted by molar-refractivity contribution is 0.370. The predicted octanol–water partition coefficient (Wildman–Crippen LogP) is 1.59. The van der Waals surface area contributed by atoms with Crippen molar-refractivity contribution in [2.75, 3.05) is 13.2 Å². The number of benzene rings is 1. The Morgan fingerprint density at radius 3 is 2.57 bits per heavy atom. The zero-order valence-electron chi connectivity index (χ0n) is 8.20. The molecule has 0 radical (unpaired) electrons. The van der Waals surface area contributed by atoms with Gasteiger partial charge in [-0.15, -0.1) is 6.42 Å². The molecule has 0 fully saturated rings. The van der Waals surface area contributed by atoms with Crippen LogP contribution in [0.5, 0.6) is 5.75 Å². The van der Waals surface area contributed by atoms with Crippen LogP contribution < -0.4 is 10.5 Å². The summed E-state index contributed by atoms with van der Waals surface area (Å²) in [5.41, 5.74) is 6.71. The highest BCUT2D eigenvalue weighted by Gasteiger charge is 1.94. The summed E-state index contributed by atoms with van der Waals surface area (Å²) < 4.78 is 5.25. The summed E-state index contributed by atoms with van der Waals surface area (Å²) in [7, 11) is 0. The molecular formula is C12H15NO. The van der Waals surface area contributed by atoms with E-state index in [9.17, 15) is 0 Å². The summed E-state index contributed by atoms with van der Waals surface area (Å²) in [6.07, 6.45) is 7.12. The van der Waals surface area contributed by atoms with Crippen LogP contribution in [0.15, 0.2) is 24.3 Å². The Morgan fingerprint density at radius 2 is 2.00 bits per heavy atom. The molecule has 0 aromatic heterocycles. The molecule has 0 heterocycles. The number of hydrogen-bond acceptors (Lipinski definition) is 2. The van der Waals surface area contributed by atoms with Crippen molar-refractivity contribution in [1.82, 2.24) is 0 Å². The minimum atomic E-state index is 0.322. The number of terminal acetylenes is 1. The summed E-state index contributed by atoms with van der Waals surface area (Å²) in [6, 6.07) is 7.95. The van der Waals surface area contributed by atoms with Gasteiger partial charge in [-0.05, 0) is 37.1 Å². The van der Waals surface area contributed by atoms with Crippen LogP contribution in [0.25, 0.3) is 0 Å². The second kappa shape index (κ2) is 6.06. The van der Waals surface area contributed by atoms with Gasteiger partial charge >= 0.3 is 0 Å². The third kappa shape index (κ3) is 3.51. The monoisotopic (exact) mass is 189 g/mol. The molecule has 1 aromatic rings. The molecule has 2 heteroatoms. The van der Waals surface area contributed by atoms with Crippen molar-refractivity contribution in [1.29, 1.82) is 0 Å². The molecule has 0 aliphatic carbocycles. The summed E-state index contributed by atoms with van der Waals surface area (Å²) >= 11 is 0. The number of aryl methyl sites for hydroxylation is 1. The quantitative estimate of drug-likeness (QED) is 0.714. The number of hydrogen-bond donors (Lipinski definition) is 1. The van der Waals surface area contributed by atoms with Gasteiger partial charge in [0.1, 0.15) is 12.4 Å². The van der Waals surface area contributed by atoms with Crippen LogP contribution in [-0.4, -0.2) is 13.2 Å². The van der Waals surface area contributed by atoms with Crippen LogP contribution >= 0.6 is 0 Å². The second-order valence-electron chi connectivity index (χ2n) is 3.03. The molecule has 74 valence electrons. The van der Waals surface area contributed by atoms with Crippen molar-refractivity contribution in [3.05, 3.63) is 29.8 Å². The van der Waals surface area contributed by atoms with E-state index >= 15 is 0 Å². The Morgan fingerprint density at radius 1 is 1.29 bits per heavy atom. The first-order valence-corrected chi connectivity index (χ1v) is 4.72. The van der Waals surface area contributed by atoms with Gasteiger partial charge in [-0.3, -0.25) is 0 Å². The number of rotatable bonds is 5. The van der Waals surface area contributed by atoms with Gasteiger partial charge in [0.25, 0.3) is 0 Å². The van der Waals surface area contributed by atoms with Crippen LogP contribution in [0.2, 0.25) is 0 Å². The van der Waals surface area contributed by atoms with E-state index in [1.807, 2.05) is 24.3 Å². The molecule has 2 nitrogen and oxygen atoms in total. The Hall–Kier alpha value is -1.46. The van der Waals surface area contributed by atoms with E-state index in [2.05, 4.69) is 5.92 Å². The topological polar surface area (TPSA) is 35.2 Å². The Labute approximate surface area is 85.1 Å². The molecule has 2 N–H and O–H groups in total. The van der Waals surface area contributed by atoms with Crippen LogP contribution in [0.3, 0.4) is 0 Å². The Bertz CT molecular complexity index is 297. The zero-order valence-corrected chi connectivity index (χ0v) is 8.20. The molecule has 14 heavy (non-hydrogen) atoms. The summed E-state index contributed by atoms with van der Waals surface area (Å²) in [5, 5.41) is 0. The molecule has 0 saturated heterocycles. The molecule has 0 saturated carbocycles. The number of nitrogens with two attached hydrogens (primary N) is 1. The highest BCUT2D eigenvalue weighted by atomic mass is 16.5. The average molecular weight is 189 g/mol. The van der Waals surface area contributed by atoms with Gasteiger partial charge in [0, 0.05) is 0 Å². The van der Waals surface area contributed by atoms with E-state index < -0.39 is 0 Å². The highest BCUT2D eigenvalue weighted by molar-refractivity contribution is 5.27. The fourth-order valence-corrected chi connectivity index (χ4v) is 1.18. The summed E-state index contributed by atoms with van der Waals surface area (Å²) in [6.45, 7) is 1.05. The van der Waals surface area contributed by atoms with Crippen molar-refractivity contribution in [2.45, 2.75) is 12.8 Å². The molecule has 0 bridgehead atoms. The van der Waals surface area contributed by atoms with Crippen molar-refractivity contribution in [3.8, 4) is 18.1 Å². The Kier molecular flexibility index (Phi) is 4.60. The first-order chi connectivity index (χ1) is 6.86. The third-order valence-electron chi connectivity index (χ3n) is 1.92. The fraction of sp³-hybridized carbons (Fsp3) is 0.333. The molecule has 1 rings (SSSR count). The molecular weight excluding hydrogens is 174 g/mol. The smallest absolute Gasteiger partial charge is 0.148 e. The maximum Gasteiger partial charge on any atom is 0.148 e. The fourth-order valence-electron chi connectivity index (χ4n) is 1.18. The standard InChI is InChI=1S/C12H15NO/c1-2-10-14-12-7-5-11(6-8-12)4-3-9-13/h1,5-8H,3-4,9-10,13H2. The van der Waals surface area contributed by atoms with E-state index in [0.717, 1.165) is 25.1 Å². The lowest BCUT2D eigenvalue weighted by Crippen LogP contribution is -2.00. The SMILES string of the molecule is C#CCOc1ccc(CCCN)cc1. The first kappa shape index (κ1) is 10.6. The van der Waals surface area contributed by atoms with Gasteiger partial charge in [0.05, 0.1) is 0 Å². The normalized spacial score (nSPS) is 9.43. The minimum Gasteiger partial charge on any atom is -0.481 e. The first-order valence-electron chi connectivity index (χ1n) is 4.72. The third-order valence-corrected chi connectivity index (χ3v) is 1.92. The van der Waals surface area contributed by atoms with Crippen LogP contribution in [0.1, 0.15) is 12.0 Å².